The molecule has 1 amide bonds. The molecule has 0 saturated carbocycles. The molecule has 1 saturated heterocycles. The number of fused-ring (bicyclic) bond motifs is 1. The van der Waals surface area contributed by atoms with Crippen LogP contribution < -0.4 is 14.8 Å². The van der Waals surface area contributed by atoms with Crippen molar-refractivity contribution < 1.29 is 24.2 Å². The van der Waals surface area contributed by atoms with E-state index in [1.165, 1.54) is 12.8 Å². The number of nitrogens with zero attached hydrogens (tertiary/aromatic N) is 2. The zero-order chi connectivity index (χ0) is 26.6. The summed E-state index contributed by atoms with van der Waals surface area (Å²) in [5, 5.41) is 12.2. The normalized spacial score (nSPS) is 17.8. The summed E-state index contributed by atoms with van der Waals surface area (Å²) in [7, 11) is 0. The number of nitrogens with one attached hydrogen (secondary N) is 1. The lowest BCUT2D eigenvalue weighted by atomic mass is 10.0. The van der Waals surface area contributed by atoms with Gasteiger partial charge in [-0.3, -0.25) is 19.4 Å². The van der Waals surface area contributed by atoms with Crippen molar-refractivity contribution in [2.75, 3.05) is 45.9 Å². The number of carboxylic acid groups (broad SMARTS) is 1. The predicted octanol–water partition coefficient (Wildman–Crippen LogP) is 3.86. The fraction of sp³-hybridized carbons (Fsp3) is 0.533. The van der Waals surface area contributed by atoms with Crippen LogP contribution in [0.2, 0.25) is 0 Å². The van der Waals surface area contributed by atoms with E-state index in [-0.39, 0.29) is 18.9 Å². The Morgan fingerprint density at radius 2 is 1.84 bits per heavy atom. The molecule has 2 aromatic rings. The molecule has 0 spiro atoms. The molecule has 2 aromatic carbocycles. The first-order valence-electron chi connectivity index (χ1n) is 13.9. The highest BCUT2D eigenvalue weighted by Crippen LogP contribution is 2.25. The fourth-order valence-corrected chi connectivity index (χ4v) is 5.08. The topological polar surface area (TPSA) is 91.3 Å². The third kappa shape index (κ3) is 9.33. The van der Waals surface area contributed by atoms with Crippen molar-refractivity contribution in [1.82, 2.24) is 15.1 Å². The van der Waals surface area contributed by atoms with Crippen molar-refractivity contribution in [2.45, 2.75) is 58.0 Å². The van der Waals surface area contributed by atoms with Gasteiger partial charge in [-0.15, -0.1) is 0 Å². The maximum atomic E-state index is 12.8. The van der Waals surface area contributed by atoms with E-state index in [9.17, 15) is 9.59 Å². The smallest absolute Gasteiger partial charge is 0.303 e. The molecule has 0 aliphatic carbocycles. The number of ether oxygens (including phenoxy) is 2. The summed E-state index contributed by atoms with van der Waals surface area (Å²) in [4.78, 5) is 28.5. The van der Waals surface area contributed by atoms with Crippen LogP contribution in [0.25, 0.3) is 0 Å². The molecule has 206 valence electrons. The second-order valence-corrected chi connectivity index (χ2v) is 10.3. The minimum absolute atomic E-state index is 0.00626. The second kappa shape index (κ2) is 14.7. The Morgan fingerprint density at radius 3 is 2.68 bits per heavy atom. The summed E-state index contributed by atoms with van der Waals surface area (Å²) in [5.41, 5.74) is 3.00. The van der Waals surface area contributed by atoms with Crippen molar-refractivity contribution in [1.29, 1.82) is 0 Å². The molecule has 2 aliphatic rings. The number of carbonyl (C=O) groups is 2. The molecule has 0 bridgehead atoms. The highest BCUT2D eigenvalue weighted by atomic mass is 16.5. The van der Waals surface area contributed by atoms with Crippen LogP contribution in [0.1, 0.15) is 55.2 Å². The van der Waals surface area contributed by atoms with Gasteiger partial charge in [-0.25, -0.2) is 0 Å². The molecule has 2 aliphatic heterocycles. The number of rotatable bonds is 9. The second-order valence-electron chi connectivity index (χ2n) is 10.3. The highest BCUT2D eigenvalue weighted by molar-refractivity contribution is 5.78. The minimum Gasteiger partial charge on any atom is -0.493 e. The molecule has 8 nitrogen and oxygen atoms in total. The highest BCUT2D eigenvalue weighted by Gasteiger charge is 2.17. The summed E-state index contributed by atoms with van der Waals surface area (Å²) >= 11 is 0. The number of amides is 1. The lowest BCUT2D eigenvalue weighted by molar-refractivity contribution is -0.137. The quantitative estimate of drug-likeness (QED) is 0.516. The first-order chi connectivity index (χ1) is 18.5. The zero-order valence-corrected chi connectivity index (χ0v) is 22.3. The van der Waals surface area contributed by atoms with Crippen LogP contribution >= 0.6 is 0 Å². The van der Waals surface area contributed by atoms with E-state index in [1.54, 1.807) is 0 Å². The van der Waals surface area contributed by atoms with E-state index in [4.69, 9.17) is 14.6 Å². The summed E-state index contributed by atoms with van der Waals surface area (Å²) in [6.45, 7) is 6.56. The number of hydrogen-bond acceptors (Lipinski definition) is 6. The third-order valence-electron chi connectivity index (χ3n) is 7.09. The summed E-state index contributed by atoms with van der Waals surface area (Å²) in [6, 6.07) is 14.0. The van der Waals surface area contributed by atoms with Crippen molar-refractivity contribution >= 4 is 11.9 Å². The number of aryl methyl sites for hydroxylation is 1. The molecule has 4 rings (SSSR count). The number of carbonyl (C=O) groups excluding carboxylic acids is 1. The van der Waals surface area contributed by atoms with Gasteiger partial charge in [-0.05, 0) is 80.9 Å². The number of hydrogen-bond donors (Lipinski definition) is 2. The molecular weight excluding hydrogens is 482 g/mol. The van der Waals surface area contributed by atoms with Gasteiger partial charge in [0.2, 0.25) is 5.91 Å². The van der Waals surface area contributed by atoms with Crippen LogP contribution in [-0.4, -0.2) is 72.7 Å². The Kier molecular flexibility index (Phi) is 10.8. The monoisotopic (exact) mass is 523 g/mol. The Bertz CT molecular complexity index is 1050. The van der Waals surface area contributed by atoms with E-state index in [1.807, 2.05) is 30.3 Å². The number of carboxylic acids is 1. The minimum atomic E-state index is -0.814. The first kappa shape index (κ1) is 27.9. The molecular formula is C30H41N3O5. The maximum absolute atomic E-state index is 12.8. The maximum Gasteiger partial charge on any atom is 0.303 e. The first-order valence-corrected chi connectivity index (χ1v) is 13.9. The molecule has 2 heterocycles. The van der Waals surface area contributed by atoms with Crippen LogP contribution in [0.15, 0.2) is 42.5 Å². The van der Waals surface area contributed by atoms with Crippen molar-refractivity contribution in [3.8, 4) is 11.5 Å². The molecule has 0 aromatic heterocycles. The van der Waals surface area contributed by atoms with E-state index >= 15 is 0 Å². The number of aliphatic carboxylic acids is 1. The number of likely N-dealkylation sites (tertiary alicyclic amines) is 1. The molecule has 0 atom stereocenters. The Hall–Kier alpha value is -3.10. The molecule has 2 N–H and O–H groups in total. The van der Waals surface area contributed by atoms with Gasteiger partial charge in [-0.1, -0.05) is 24.3 Å². The van der Waals surface area contributed by atoms with Gasteiger partial charge in [0.15, 0.2) is 0 Å². The molecule has 38 heavy (non-hydrogen) atoms. The Balaban J connectivity index is 1.48. The van der Waals surface area contributed by atoms with Gasteiger partial charge in [-0.2, -0.15) is 0 Å². The molecule has 1 fully saturated rings. The van der Waals surface area contributed by atoms with E-state index in [2.05, 4.69) is 27.2 Å². The van der Waals surface area contributed by atoms with E-state index in [0.29, 0.717) is 39.3 Å². The summed E-state index contributed by atoms with van der Waals surface area (Å²) in [6.07, 6.45) is 5.91. The molecule has 0 radical (unpaired) electrons. The molecule has 8 heteroatoms. The average molecular weight is 524 g/mol. The fourth-order valence-electron chi connectivity index (χ4n) is 5.08. The van der Waals surface area contributed by atoms with Gasteiger partial charge >= 0.3 is 5.97 Å². The van der Waals surface area contributed by atoms with Crippen molar-refractivity contribution in [2.24, 2.45) is 0 Å². The van der Waals surface area contributed by atoms with E-state index < -0.39 is 5.97 Å². The zero-order valence-electron chi connectivity index (χ0n) is 22.3. The molecule has 0 unspecified atom stereocenters. The van der Waals surface area contributed by atoms with Crippen LogP contribution in [0.4, 0.5) is 0 Å². The van der Waals surface area contributed by atoms with E-state index in [0.717, 1.165) is 67.1 Å². The number of benzene rings is 2. The van der Waals surface area contributed by atoms with Crippen LogP contribution in [0, 0.1) is 0 Å². The van der Waals surface area contributed by atoms with Crippen molar-refractivity contribution in [3.63, 3.8) is 0 Å². The lowest BCUT2D eigenvalue weighted by Gasteiger charge is -2.24. The average Bonchev–Trinajstić information content (AvgIpc) is 3.41. The van der Waals surface area contributed by atoms with Crippen LogP contribution in [-0.2, 0) is 29.1 Å². The summed E-state index contributed by atoms with van der Waals surface area (Å²) in [5.74, 6) is 0.835. The van der Waals surface area contributed by atoms with Gasteiger partial charge in [0.1, 0.15) is 18.1 Å². The standard InChI is InChI=1S/C30H41N3O5/c34-29-23-33(21-25-7-6-8-27(20-25)37-18-16-32-14-3-4-15-32)22-26-19-24(10-12-30(35)36)9-11-28(26)38-17-5-1-2-13-31-29/h6-9,11,19-20H,1-5,10,12-18,21-23H2,(H,31,34)(H,35,36). The van der Waals surface area contributed by atoms with Crippen LogP contribution in [0.5, 0.6) is 11.5 Å². The van der Waals surface area contributed by atoms with Gasteiger partial charge < -0.3 is 19.9 Å². The van der Waals surface area contributed by atoms with Crippen molar-refractivity contribution in [3.05, 3.63) is 59.2 Å². The SMILES string of the molecule is O=C(O)CCc1ccc2c(c1)CN(Cc1cccc(OCCN3CCCC3)c1)CC(=O)NCCCCCO2. The largest absolute Gasteiger partial charge is 0.493 e. The van der Waals surface area contributed by atoms with Gasteiger partial charge in [0.25, 0.3) is 0 Å². The van der Waals surface area contributed by atoms with Gasteiger partial charge in [0, 0.05) is 38.2 Å². The van der Waals surface area contributed by atoms with Gasteiger partial charge in [0.05, 0.1) is 13.2 Å². The lowest BCUT2D eigenvalue weighted by Crippen LogP contribution is -2.37. The summed E-state index contributed by atoms with van der Waals surface area (Å²) < 4.78 is 12.2. The Labute approximate surface area is 225 Å². The third-order valence-corrected chi connectivity index (χ3v) is 7.09. The Morgan fingerprint density at radius 1 is 0.974 bits per heavy atom. The predicted molar refractivity (Wildman–Crippen MR) is 146 cm³/mol. The van der Waals surface area contributed by atoms with Crippen LogP contribution in [0.3, 0.4) is 0 Å².